The Morgan fingerprint density at radius 3 is 2.60 bits per heavy atom. The van der Waals surface area contributed by atoms with Gasteiger partial charge in [-0.2, -0.15) is 4.98 Å². The summed E-state index contributed by atoms with van der Waals surface area (Å²) in [7, 11) is 0. The summed E-state index contributed by atoms with van der Waals surface area (Å²) in [6.45, 7) is 5.37. The van der Waals surface area contributed by atoms with Crippen molar-refractivity contribution >= 4 is 17.5 Å². The van der Waals surface area contributed by atoms with Crippen molar-refractivity contribution < 1.29 is 4.92 Å². The van der Waals surface area contributed by atoms with E-state index in [0.29, 0.717) is 11.5 Å². The van der Waals surface area contributed by atoms with Crippen LogP contribution in [0.25, 0.3) is 0 Å². The minimum absolute atomic E-state index is 0.0202. The van der Waals surface area contributed by atoms with Gasteiger partial charge < -0.3 is 10.6 Å². The molecule has 0 spiro atoms. The van der Waals surface area contributed by atoms with Crippen LogP contribution in [0.3, 0.4) is 0 Å². The van der Waals surface area contributed by atoms with Gasteiger partial charge in [-0.1, -0.05) is 19.8 Å². The summed E-state index contributed by atoms with van der Waals surface area (Å²) in [5.74, 6) is 1.18. The van der Waals surface area contributed by atoms with Crippen molar-refractivity contribution in [3.63, 3.8) is 0 Å². The number of aromatic nitrogens is 2. The maximum absolute atomic E-state index is 11.2. The maximum atomic E-state index is 11.2. The molecule has 1 saturated heterocycles. The molecule has 1 aromatic heterocycles. The van der Waals surface area contributed by atoms with Crippen LogP contribution in [0, 0.1) is 23.0 Å². The lowest BCUT2D eigenvalue weighted by Gasteiger charge is -2.32. The van der Waals surface area contributed by atoms with E-state index in [0.717, 1.165) is 31.8 Å². The smallest absolute Gasteiger partial charge is 0.332 e. The van der Waals surface area contributed by atoms with Crippen molar-refractivity contribution in [3.8, 4) is 0 Å². The number of nitro groups is 1. The van der Waals surface area contributed by atoms with E-state index in [1.54, 1.807) is 6.92 Å². The average Bonchev–Trinajstić information content (AvgIpc) is 2.38. The zero-order valence-electron chi connectivity index (χ0n) is 12.0. The Morgan fingerprint density at radius 1 is 1.40 bits per heavy atom. The standard InChI is InChI=1S/C13H21N5O2/c1-3-4-10-5-7-17(8-6-10)12-11(18(19)20)9(2)15-13(14)16-12/h10H,3-8H2,1-2H3,(H2,14,15,16). The molecule has 1 aliphatic heterocycles. The number of nitrogens with two attached hydrogens (primary N) is 1. The summed E-state index contributed by atoms with van der Waals surface area (Å²) in [5, 5.41) is 11.2. The summed E-state index contributed by atoms with van der Waals surface area (Å²) < 4.78 is 0. The number of nitrogens with zero attached hydrogens (tertiary/aromatic N) is 4. The predicted molar refractivity (Wildman–Crippen MR) is 77.7 cm³/mol. The fourth-order valence-corrected chi connectivity index (χ4v) is 2.85. The van der Waals surface area contributed by atoms with Gasteiger partial charge in [0.05, 0.1) is 4.92 Å². The lowest BCUT2D eigenvalue weighted by Crippen LogP contribution is -2.35. The largest absolute Gasteiger partial charge is 0.368 e. The van der Waals surface area contributed by atoms with Crippen molar-refractivity contribution in [1.82, 2.24) is 9.97 Å². The van der Waals surface area contributed by atoms with E-state index in [2.05, 4.69) is 16.9 Å². The fourth-order valence-electron chi connectivity index (χ4n) is 2.85. The van der Waals surface area contributed by atoms with Gasteiger partial charge in [0.25, 0.3) is 0 Å². The van der Waals surface area contributed by atoms with Crippen molar-refractivity contribution in [2.75, 3.05) is 23.7 Å². The van der Waals surface area contributed by atoms with Gasteiger partial charge in [0, 0.05) is 13.1 Å². The van der Waals surface area contributed by atoms with E-state index >= 15 is 0 Å². The second-order valence-electron chi connectivity index (χ2n) is 5.32. The molecule has 2 heterocycles. The topological polar surface area (TPSA) is 98.2 Å². The van der Waals surface area contributed by atoms with Crippen LogP contribution in [0.4, 0.5) is 17.5 Å². The molecule has 110 valence electrons. The first-order chi connectivity index (χ1) is 9.52. The first kappa shape index (κ1) is 14.5. The second-order valence-corrected chi connectivity index (χ2v) is 5.32. The first-order valence-electron chi connectivity index (χ1n) is 7.06. The van der Waals surface area contributed by atoms with Crippen molar-refractivity contribution in [2.45, 2.75) is 39.5 Å². The molecule has 2 N–H and O–H groups in total. The van der Waals surface area contributed by atoms with Crippen LogP contribution in [0.15, 0.2) is 0 Å². The molecular formula is C13H21N5O2. The van der Waals surface area contributed by atoms with Gasteiger partial charge in [-0.15, -0.1) is 0 Å². The zero-order chi connectivity index (χ0) is 14.7. The Kier molecular flexibility index (Phi) is 4.36. The molecule has 7 heteroatoms. The van der Waals surface area contributed by atoms with E-state index in [4.69, 9.17) is 5.73 Å². The normalized spacial score (nSPS) is 16.4. The highest BCUT2D eigenvalue weighted by atomic mass is 16.6. The molecule has 0 saturated carbocycles. The number of anilines is 2. The van der Waals surface area contributed by atoms with Crippen LogP contribution in [-0.4, -0.2) is 28.0 Å². The van der Waals surface area contributed by atoms with E-state index in [9.17, 15) is 10.1 Å². The SMILES string of the molecule is CCCC1CCN(c2nc(N)nc(C)c2[N+](=O)[O-])CC1. The Morgan fingerprint density at radius 2 is 2.05 bits per heavy atom. The molecule has 7 nitrogen and oxygen atoms in total. The van der Waals surface area contributed by atoms with Gasteiger partial charge in [-0.25, -0.2) is 4.98 Å². The minimum Gasteiger partial charge on any atom is -0.368 e. The summed E-state index contributed by atoms with van der Waals surface area (Å²) in [6, 6.07) is 0. The third-order valence-corrected chi connectivity index (χ3v) is 3.85. The lowest BCUT2D eigenvalue weighted by molar-refractivity contribution is -0.385. The van der Waals surface area contributed by atoms with E-state index in [1.165, 1.54) is 12.8 Å². The molecule has 1 fully saturated rings. The molecule has 0 atom stereocenters. The maximum Gasteiger partial charge on any atom is 0.332 e. The van der Waals surface area contributed by atoms with Gasteiger partial charge >= 0.3 is 5.69 Å². The molecule has 0 radical (unpaired) electrons. The number of piperidine rings is 1. The Bertz CT molecular complexity index is 498. The fraction of sp³-hybridized carbons (Fsp3) is 0.692. The molecule has 20 heavy (non-hydrogen) atoms. The molecule has 1 aliphatic rings. The van der Waals surface area contributed by atoms with Crippen LogP contribution in [-0.2, 0) is 0 Å². The summed E-state index contributed by atoms with van der Waals surface area (Å²) in [5.41, 5.74) is 5.95. The first-order valence-corrected chi connectivity index (χ1v) is 7.06. The van der Waals surface area contributed by atoms with Crippen LogP contribution < -0.4 is 10.6 Å². The van der Waals surface area contributed by atoms with Crippen LogP contribution in [0.2, 0.25) is 0 Å². The highest BCUT2D eigenvalue weighted by molar-refractivity contribution is 5.62. The van der Waals surface area contributed by atoms with Crippen molar-refractivity contribution in [1.29, 1.82) is 0 Å². The average molecular weight is 279 g/mol. The highest BCUT2D eigenvalue weighted by Crippen LogP contribution is 2.32. The number of hydrogen-bond donors (Lipinski definition) is 1. The number of rotatable bonds is 4. The quantitative estimate of drug-likeness (QED) is 0.670. The van der Waals surface area contributed by atoms with Crippen molar-refractivity contribution in [2.24, 2.45) is 5.92 Å². The summed E-state index contributed by atoms with van der Waals surface area (Å²) in [6.07, 6.45) is 4.51. The molecule has 0 aliphatic carbocycles. The molecule has 1 aromatic rings. The van der Waals surface area contributed by atoms with Gasteiger partial charge in [0.1, 0.15) is 5.69 Å². The van der Waals surface area contributed by atoms with E-state index < -0.39 is 4.92 Å². The lowest BCUT2D eigenvalue weighted by atomic mass is 9.92. The summed E-state index contributed by atoms with van der Waals surface area (Å²) in [4.78, 5) is 20.8. The zero-order valence-corrected chi connectivity index (χ0v) is 12.0. The Labute approximate surface area is 118 Å². The Balaban J connectivity index is 2.23. The highest BCUT2D eigenvalue weighted by Gasteiger charge is 2.28. The van der Waals surface area contributed by atoms with Gasteiger partial charge in [0.2, 0.25) is 11.8 Å². The molecule has 0 aromatic carbocycles. The molecule has 0 unspecified atom stereocenters. The number of aryl methyl sites for hydroxylation is 1. The van der Waals surface area contributed by atoms with E-state index in [-0.39, 0.29) is 11.6 Å². The third-order valence-electron chi connectivity index (χ3n) is 3.85. The van der Waals surface area contributed by atoms with Crippen LogP contribution in [0.1, 0.15) is 38.3 Å². The molecule has 0 bridgehead atoms. The van der Waals surface area contributed by atoms with Crippen LogP contribution in [0.5, 0.6) is 0 Å². The molecule has 0 amide bonds. The predicted octanol–water partition coefficient (Wildman–Crippen LogP) is 2.29. The Hall–Kier alpha value is -1.92. The number of nitrogen functional groups attached to an aromatic ring is 1. The molecule has 2 rings (SSSR count). The van der Waals surface area contributed by atoms with Gasteiger partial charge in [-0.05, 0) is 25.7 Å². The minimum atomic E-state index is -0.414. The van der Waals surface area contributed by atoms with Gasteiger partial charge in [-0.3, -0.25) is 10.1 Å². The summed E-state index contributed by atoms with van der Waals surface area (Å²) >= 11 is 0. The third kappa shape index (κ3) is 2.97. The number of hydrogen-bond acceptors (Lipinski definition) is 6. The van der Waals surface area contributed by atoms with Gasteiger partial charge in [0.15, 0.2) is 0 Å². The van der Waals surface area contributed by atoms with Crippen LogP contribution >= 0.6 is 0 Å². The van der Waals surface area contributed by atoms with E-state index in [1.807, 2.05) is 4.90 Å². The second kappa shape index (κ2) is 6.02. The monoisotopic (exact) mass is 279 g/mol. The molecular weight excluding hydrogens is 258 g/mol. The van der Waals surface area contributed by atoms with Crippen molar-refractivity contribution in [3.05, 3.63) is 15.8 Å².